The lowest BCUT2D eigenvalue weighted by molar-refractivity contribution is -0.134. The highest BCUT2D eigenvalue weighted by molar-refractivity contribution is 5.76. The van der Waals surface area contributed by atoms with E-state index in [1.54, 1.807) is 0 Å². The van der Waals surface area contributed by atoms with Crippen LogP contribution in [-0.4, -0.2) is 48.3 Å². The zero-order valence-electron chi connectivity index (χ0n) is 13.7. The number of carbonyl (C=O) groups excluding carboxylic acids is 1. The van der Waals surface area contributed by atoms with Crippen LogP contribution in [0.4, 0.5) is 0 Å². The first-order valence-corrected chi connectivity index (χ1v) is 8.48. The molecule has 1 aromatic rings. The number of amides is 1. The minimum absolute atomic E-state index is 0.137. The van der Waals surface area contributed by atoms with E-state index in [0.29, 0.717) is 32.7 Å². The Kier molecular flexibility index (Phi) is 4.71. The Morgan fingerprint density at radius 3 is 2.78 bits per heavy atom. The molecule has 1 heterocycles. The van der Waals surface area contributed by atoms with E-state index in [1.807, 2.05) is 30.0 Å². The predicted molar refractivity (Wildman–Crippen MR) is 88.0 cm³/mol. The Morgan fingerprint density at radius 1 is 1.39 bits per heavy atom. The number of aliphatic hydroxyl groups excluding tert-OH is 1. The number of hydrogen-bond donors (Lipinski definition) is 2. The van der Waals surface area contributed by atoms with E-state index in [4.69, 9.17) is 10.5 Å². The third-order valence-electron chi connectivity index (χ3n) is 5.44. The van der Waals surface area contributed by atoms with E-state index >= 15 is 0 Å². The SMILES string of the molecule is CCOCCC(=O)N1CCC2(CC1)c1ccccc1[C@@H](N)[C@@H]2O. The van der Waals surface area contributed by atoms with Crippen molar-refractivity contribution >= 4 is 5.91 Å². The van der Waals surface area contributed by atoms with Gasteiger partial charge in [-0.15, -0.1) is 0 Å². The minimum atomic E-state index is -0.569. The summed E-state index contributed by atoms with van der Waals surface area (Å²) in [6.45, 7) is 4.38. The van der Waals surface area contributed by atoms with Gasteiger partial charge in [0.15, 0.2) is 0 Å². The highest BCUT2D eigenvalue weighted by atomic mass is 16.5. The first-order valence-electron chi connectivity index (χ1n) is 8.48. The zero-order chi connectivity index (χ0) is 16.4. The Hall–Kier alpha value is -1.43. The molecule has 5 heteroatoms. The van der Waals surface area contributed by atoms with Gasteiger partial charge in [-0.1, -0.05) is 24.3 Å². The number of piperidine rings is 1. The molecule has 3 rings (SSSR count). The molecule has 1 amide bonds. The fourth-order valence-corrected chi connectivity index (χ4v) is 4.10. The summed E-state index contributed by atoms with van der Waals surface area (Å²) in [6, 6.07) is 7.74. The highest BCUT2D eigenvalue weighted by Gasteiger charge is 2.51. The van der Waals surface area contributed by atoms with Crippen molar-refractivity contribution in [1.82, 2.24) is 4.90 Å². The third-order valence-corrected chi connectivity index (χ3v) is 5.44. The van der Waals surface area contributed by atoms with E-state index in [1.165, 1.54) is 5.56 Å². The van der Waals surface area contributed by atoms with Crippen LogP contribution in [0, 0.1) is 0 Å². The summed E-state index contributed by atoms with van der Waals surface area (Å²) in [4.78, 5) is 14.1. The van der Waals surface area contributed by atoms with E-state index < -0.39 is 6.10 Å². The normalized spacial score (nSPS) is 25.6. The van der Waals surface area contributed by atoms with Crippen molar-refractivity contribution in [1.29, 1.82) is 0 Å². The number of rotatable bonds is 4. The molecule has 1 saturated heterocycles. The van der Waals surface area contributed by atoms with Crippen LogP contribution in [0.3, 0.4) is 0 Å². The molecule has 3 N–H and O–H groups in total. The van der Waals surface area contributed by atoms with Crippen LogP contribution in [0.1, 0.15) is 43.4 Å². The number of nitrogens with two attached hydrogens (primary N) is 1. The average molecular weight is 318 g/mol. The van der Waals surface area contributed by atoms with Gasteiger partial charge >= 0.3 is 0 Å². The molecule has 0 saturated carbocycles. The maximum absolute atomic E-state index is 12.2. The predicted octanol–water partition coefficient (Wildman–Crippen LogP) is 1.35. The van der Waals surface area contributed by atoms with Gasteiger partial charge in [-0.25, -0.2) is 0 Å². The van der Waals surface area contributed by atoms with Crippen LogP contribution < -0.4 is 5.73 Å². The summed E-state index contributed by atoms with van der Waals surface area (Å²) in [5, 5.41) is 10.7. The molecule has 2 aliphatic rings. The second kappa shape index (κ2) is 6.59. The van der Waals surface area contributed by atoms with Gasteiger partial charge in [-0.3, -0.25) is 4.79 Å². The fraction of sp³-hybridized carbons (Fsp3) is 0.611. The fourth-order valence-electron chi connectivity index (χ4n) is 4.10. The summed E-state index contributed by atoms with van der Waals surface area (Å²) in [7, 11) is 0. The van der Waals surface area contributed by atoms with Crippen molar-refractivity contribution in [2.45, 2.75) is 43.7 Å². The molecule has 0 unspecified atom stereocenters. The summed E-state index contributed by atoms with van der Waals surface area (Å²) in [5.74, 6) is 0.137. The van der Waals surface area contributed by atoms with Gasteiger partial charge in [0, 0.05) is 25.1 Å². The first kappa shape index (κ1) is 16.4. The number of aliphatic hydroxyl groups is 1. The van der Waals surface area contributed by atoms with Crippen LogP contribution >= 0.6 is 0 Å². The molecule has 23 heavy (non-hydrogen) atoms. The molecule has 1 spiro atoms. The summed E-state index contributed by atoms with van der Waals surface area (Å²) in [6.07, 6.45) is 1.39. The molecular formula is C18H26N2O3. The number of likely N-dealkylation sites (tertiary alicyclic amines) is 1. The van der Waals surface area contributed by atoms with Gasteiger partial charge in [-0.05, 0) is 30.9 Å². The van der Waals surface area contributed by atoms with Crippen LogP contribution in [-0.2, 0) is 14.9 Å². The second-order valence-electron chi connectivity index (χ2n) is 6.54. The molecule has 1 aliphatic carbocycles. The molecule has 1 fully saturated rings. The standard InChI is InChI=1S/C18H26N2O3/c1-2-23-12-7-15(21)20-10-8-18(9-11-20)14-6-4-3-5-13(14)16(19)17(18)22/h3-6,16-17,22H,2,7-12,19H2,1H3/t16-,17+/m1/s1. The van der Waals surface area contributed by atoms with E-state index in [0.717, 1.165) is 18.4 Å². The molecule has 5 nitrogen and oxygen atoms in total. The molecule has 1 aromatic carbocycles. The monoisotopic (exact) mass is 318 g/mol. The van der Waals surface area contributed by atoms with Gasteiger partial charge < -0.3 is 20.5 Å². The summed E-state index contributed by atoms with van der Waals surface area (Å²) >= 11 is 0. The Morgan fingerprint density at radius 2 is 2.09 bits per heavy atom. The molecule has 1 aliphatic heterocycles. The number of fused-ring (bicyclic) bond motifs is 2. The Labute approximate surface area is 137 Å². The van der Waals surface area contributed by atoms with Crippen molar-refractivity contribution in [3.05, 3.63) is 35.4 Å². The van der Waals surface area contributed by atoms with Gasteiger partial charge in [-0.2, -0.15) is 0 Å². The quantitative estimate of drug-likeness (QED) is 0.822. The van der Waals surface area contributed by atoms with Crippen LogP contribution in [0.2, 0.25) is 0 Å². The molecule has 0 bridgehead atoms. The van der Waals surface area contributed by atoms with Crippen molar-refractivity contribution in [2.75, 3.05) is 26.3 Å². The number of hydrogen-bond acceptors (Lipinski definition) is 4. The lowest BCUT2D eigenvalue weighted by atomic mass is 9.72. The zero-order valence-corrected chi connectivity index (χ0v) is 13.7. The topological polar surface area (TPSA) is 75.8 Å². The Bertz CT molecular complexity index is 567. The van der Waals surface area contributed by atoms with Gasteiger partial charge in [0.05, 0.1) is 25.2 Å². The number of ether oxygens (including phenoxy) is 1. The third kappa shape index (κ3) is 2.77. The summed E-state index contributed by atoms with van der Waals surface area (Å²) in [5.41, 5.74) is 8.14. The van der Waals surface area contributed by atoms with Crippen molar-refractivity contribution in [3.63, 3.8) is 0 Å². The molecule has 0 radical (unpaired) electrons. The largest absolute Gasteiger partial charge is 0.390 e. The molecule has 2 atom stereocenters. The lowest BCUT2D eigenvalue weighted by Gasteiger charge is -2.42. The van der Waals surface area contributed by atoms with Crippen LogP contribution in [0.25, 0.3) is 0 Å². The second-order valence-corrected chi connectivity index (χ2v) is 6.54. The van der Waals surface area contributed by atoms with Gasteiger partial charge in [0.25, 0.3) is 0 Å². The Balaban J connectivity index is 1.70. The van der Waals surface area contributed by atoms with Crippen molar-refractivity contribution < 1.29 is 14.6 Å². The maximum Gasteiger partial charge on any atom is 0.224 e. The van der Waals surface area contributed by atoms with E-state index in [-0.39, 0.29) is 17.4 Å². The molecular weight excluding hydrogens is 292 g/mol. The summed E-state index contributed by atoms with van der Waals surface area (Å²) < 4.78 is 5.26. The van der Waals surface area contributed by atoms with Gasteiger partial charge in [0.1, 0.15) is 0 Å². The lowest BCUT2D eigenvalue weighted by Crippen LogP contribution is -2.50. The minimum Gasteiger partial charge on any atom is -0.390 e. The number of carbonyl (C=O) groups is 1. The first-order chi connectivity index (χ1) is 11.1. The molecule has 126 valence electrons. The number of nitrogens with zero attached hydrogens (tertiary/aromatic N) is 1. The highest BCUT2D eigenvalue weighted by Crippen LogP contribution is 2.49. The van der Waals surface area contributed by atoms with E-state index in [9.17, 15) is 9.90 Å². The number of benzene rings is 1. The maximum atomic E-state index is 12.2. The van der Waals surface area contributed by atoms with Crippen LogP contribution in [0.5, 0.6) is 0 Å². The van der Waals surface area contributed by atoms with Crippen molar-refractivity contribution in [3.8, 4) is 0 Å². The average Bonchev–Trinajstić information content (AvgIpc) is 2.79. The van der Waals surface area contributed by atoms with Gasteiger partial charge in [0.2, 0.25) is 5.91 Å². The smallest absolute Gasteiger partial charge is 0.224 e. The van der Waals surface area contributed by atoms with Crippen molar-refractivity contribution in [2.24, 2.45) is 5.73 Å². The molecule has 0 aromatic heterocycles. The van der Waals surface area contributed by atoms with Crippen LogP contribution in [0.15, 0.2) is 24.3 Å². The van der Waals surface area contributed by atoms with E-state index in [2.05, 4.69) is 6.07 Å².